The Morgan fingerprint density at radius 3 is 1.81 bits per heavy atom. The van der Waals surface area contributed by atoms with E-state index in [1.807, 2.05) is 20.8 Å². The van der Waals surface area contributed by atoms with Crippen LogP contribution in [0.4, 0.5) is 8.78 Å². The zero-order valence-corrected chi connectivity index (χ0v) is 11.4. The highest BCUT2D eigenvalue weighted by Gasteiger charge is 2.37. The third-order valence-corrected chi connectivity index (χ3v) is 8.35. The SMILES string of the molecule is CCOC(=O)/C(F)=C(\F)[Si](CC)(CC)CC. The van der Waals surface area contributed by atoms with Gasteiger partial charge >= 0.3 is 5.97 Å². The summed E-state index contributed by atoms with van der Waals surface area (Å²) in [6, 6.07) is 1.79. The highest BCUT2D eigenvalue weighted by molar-refractivity contribution is 6.86. The van der Waals surface area contributed by atoms with Gasteiger partial charge in [-0.25, -0.2) is 9.18 Å². The molecule has 0 aromatic rings. The zero-order chi connectivity index (χ0) is 12.8. The van der Waals surface area contributed by atoms with Crippen molar-refractivity contribution in [2.24, 2.45) is 0 Å². The number of halogens is 2. The Balaban J connectivity index is 5.17. The molecule has 2 nitrogen and oxygen atoms in total. The molecule has 0 aliphatic rings. The van der Waals surface area contributed by atoms with E-state index in [2.05, 4.69) is 4.74 Å². The number of hydrogen-bond acceptors (Lipinski definition) is 2. The fraction of sp³-hybridized carbons (Fsp3) is 0.727. The van der Waals surface area contributed by atoms with Gasteiger partial charge in [-0.1, -0.05) is 38.9 Å². The summed E-state index contributed by atoms with van der Waals surface area (Å²) in [5.74, 6) is -2.49. The first-order chi connectivity index (χ1) is 7.48. The van der Waals surface area contributed by atoms with Crippen LogP contribution in [-0.2, 0) is 9.53 Å². The summed E-state index contributed by atoms with van der Waals surface area (Å²) >= 11 is 0. The van der Waals surface area contributed by atoms with Crippen LogP contribution in [0.5, 0.6) is 0 Å². The van der Waals surface area contributed by atoms with Gasteiger partial charge in [0.15, 0.2) is 0 Å². The largest absolute Gasteiger partial charge is 0.461 e. The van der Waals surface area contributed by atoms with Crippen LogP contribution in [0, 0.1) is 0 Å². The van der Waals surface area contributed by atoms with Crippen LogP contribution < -0.4 is 0 Å². The van der Waals surface area contributed by atoms with Crippen molar-refractivity contribution in [1.82, 2.24) is 0 Å². The van der Waals surface area contributed by atoms with Crippen molar-refractivity contribution in [3.8, 4) is 0 Å². The number of carbonyl (C=O) groups is 1. The molecule has 0 fully saturated rings. The first-order valence-electron chi connectivity index (χ1n) is 5.71. The molecule has 0 N–H and O–H groups in total. The van der Waals surface area contributed by atoms with Gasteiger partial charge in [-0.3, -0.25) is 0 Å². The van der Waals surface area contributed by atoms with Crippen molar-refractivity contribution in [3.63, 3.8) is 0 Å². The Labute approximate surface area is 96.7 Å². The molecule has 0 unspecified atom stereocenters. The van der Waals surface area contributed by atoms with Crippen molar-refractivity contribution in [1.29, 1.82) is 0 Å². The van der Waals surface area contributed by atoms with Crippen LogP contribution in [0.15, 0.2) is 11.3 Å². The third kappa shape index (κ3) is 3.14. The van der Waals surface area contributed by atoms with E-state index in [0.29, 0.717) is 18.1 Å². The van der Waals surface area contributed by atoms with Crippen molar-refractivity contribution in [2.75, 3.05) is 6.61 Å². The second kappa shape index (κ2) is 6.78. The smallest absolute Gasteiger partial charge is 0.369 e. The van der Waals surface area contributed by atoms with Crippen LogP contribution in [0.1, 0.15) is 27.7 Å². The molecule has 0 spiro atoms. The third-order valence-electron chi connectivity index (χ3n) is 3.14. The molecule has 0 aromatic heterocycles. The quantitative estimate of drug-likeness (QED) is 0.408. The number of rotatable bonds is 6. The topological polar surface area (TPSA) is 26.3 Å². The van der Waals surface area contributed by atoms with Crippen LogP contribution in [0.25, 0.3) is 0 Å². The summed E-state index contributed by atoms with van der Waals surface area (Å²) in [4.78, 5) is 11.1. The van der Waals surface area contributed by atoms with Gasteiger partial charge in [0.2, 0.25) is 5.83 Å². The van der Waals surface area contributed by atoms with Crippen molar-refractivity contribution in [3.05, 3.63) is 11.3 Å². The van der Waals surface area contributed by atoms with Gasteiger partial charge < -0.3 is 4.74 Å². The summed E-state index contributed by atoms with van der Waals surface area (Å²) in [5.41, 5.74) is -0.835. The Morgan fingerprint density at radius 1 is 1.06 bits per heavy atom. The Morgan fingerprint density at radius 2 is 1.50 bits per heavy atom. The lowest BCUT2D eigenvalue weighted by molar-refractivity contribution is -0.140. The van der Waals surface area contributed by atoms with E-state index in [1.54, 1.807) is 6.92 Å². The molecule has 0 rings (SSSR count). The van der Waals surface area contributed by atoms with Crippen molar-refractivity contribution >= 4 is 14.0 Å². The predicted molar refractivity (Wildman–Crippen MR) is 63.1 cm³/mol. The second-order valence-electron chi connectivity index (χ2n) is 3.69. The van der Waals surface area contributed by atoms with Crippen LogP contribution >= 0.6 is 0 Å². The number of esters is 1. The van der Waals surface area contributed by atoms with E-state index in [0.717, 1.165) is 0 Å². The average molecular weight is 250 g/mol. The van der Waals surface area contributed by atoms with Crippen LogP contribution in [-0.4, -0.2) is 20.7 Å². The molecule has 0 radical (unpaired) electrons. The Hall–Kier alpha value is -0.713. The molecule has 0 saturated carbocycles. The molecule has 0 amide bonds. The second-order valence-corrected chi connectivity index (χ2v) is 8.81. The van der Waals surface area contributed by atoms with Gasteiger partial charge in [0.25, 0.3) is 0 Å². The molecule has 0 aromatic carbocycles. The van der Waals surface area contributed by atoms with Gasteiger partial charge in [0.1, 0.15) is 13.5 Å². The average Bonchev–Trinajstić information content (AvgIpc) is 2.31. The van der Waals surface area contributed by atoms with Crippen LogP contribution in [0.2, 0.25) is 18.1 Å². The summed E-state index contributed by atoms with van der Waals surface area (Å²) in [7, 11) is -2.44. The van der Waals surface area contributed by atoms with E-state index < -0.39 is 25.3 Å². The zero-order valence-electron chi connectivity index (χ0n) is 10.4. The molecule has 0 saturated heterocycles. The van der Waals surface area contributed by atoms with Crippen LogP contribution in [0.3, 0.4) is 0 Å². The van der Waals surface area contributed by atoms with Gasteiger partial charge in [0.05, 0.1) is 6.61 Å². The minimum atomic E-state index is -2.44. The molecule has 5 heteroatoms. The molecule has 0 aliphatic carbocycles. The molecule has 0 atom stereocenters. The minimum Gasteiger partial charge on any atom is -0.461 e. The molecular formula is C11H20F2O2Si. The van der Waals surface area contributed by atoms with E-state index in [-0.39, 0.29) is 6.61 Å². The fourth-order valence-electron chi connectivity index (χ4n) is 1.73. The van der Waals surface area contributed by atoms with Crippen molar-refractivity contribution < 1.29 is 18.3 Å². The summed E-state index contributed by atoms with van der Waals surface area (Å²) in [6.45, 7) is 7.15. The summed E-state index contributed by atoms with van der Waals surface area (Å²) in [5, 5.41) is 0. The molecule has 94 valence electrons. The summed E-state index contributed by atoms with van der Waals surface area (Å²) in [6.07, 6.45) is 0. The molecule has 0 aliphatic heterocycles. The van der Waals surface area contributed by atoms with Crippen molar-refractivity contribution in [2.45, 2.75) is 45.8 Å². The lowest BCUT2D eigenvalue weighted by atomic mass is 10.6. The number of hydrogen-bond donors (Lipinski definition) is 0. The minimum absolute atomic E-state index is 0.0540. The molecule has 0 heterocycles. The molecule has 16 heavy (non-hydrogen) atoms. The van der Waals surface area contributed by atoms with Gasteiger partial charge in [0, 0.05) is 0 Å². The predicted octanol–water partition coefficient (Wildman–Crippen LogP) is 3.75. The maximum absolute atomic E-state index is 14.0. The first kappa shape index (κ1) is 15.3. The monoisotopic (exact) mass is 250 g/mol. The number of carbonyl (C=O) groups excluding carboxylic acids is 1. The van der Waals surface area contributed by atoms with Gasteiger partial charge in [-0.2, -0.15) is 4.39 Å². The van der Waals surface area contributed by atoms with E-state index in [4.69, 9.17) is 0 Å². The maximum atomic E-state index is 14.0. The van der Waals surface area contributed by atoms with Gasteiger partial charge in [-0.05, 0) is 6.92 Å². The Bertz CT molecular complexity index is 265. The van der Waals surface area contributed by atoms with Gasteiger partial charge in [-0.15, -0.1) is 0 Å². The molecule has 0 bridgehead atoms. The normalized spacial score (nSPS) is 13.4. The lowest BCUT2D eigenvalue weighted by Gasteiger charge is -2.25. The Kier molecular flexibility index (Phi) is 6.48. The molecular weight excluding hydrogens is 230 g/mol. The van der Waals surface area contributed by atoms with E-state index in [1.165, 1.54) is 0 Å². The summed E-state index contributed by atoms with van der Waals surface area (Å²) < 4.78 is 31.9. The first-order valence-corrected chi connectivity index (χ1v) is 8.34. The standard InChI is InChI=1S/C11H20F2O2Si/c1-5-15-11(14)9(12)10(13)16(6-2,7-3)8-4/h5-8H2,1-4H3/b10-9-. The highest BCUT2D eigenvalue weighted by atomic mass is 28.3. The lowest BCUT2D eigenvalue weighted by Crippen LogP contribution is -2.34. The fourth-order valence-corrected chi connectivity index (χ4v) is 4.73. The highest BCUT2D eigenvalue weighted by Crippen LogP contribution is 2.32. The maximum Gasteiger partial charge on any atom is 0.369 e. The van der Waals surface area contributed by atoms with E-state index in [9.17, 15) is 13.6 Å². The van der Waals surface area contributed by atoms with E-state index >= 15 is 0 Å². The number of ether oxygens (including phenoxy) is 1.